The molecule has 17 heavy (non-hydrogen) atoms. The predicted octanol–water partition coefficient (Wildman–Crippen LogP) is 0.646. The van der Waals surface area contributed by atoms with Crippen molar-refractivity contribution in [2.75, 3.05) is 14.1 Å². The first-order chi connectivity index (χ1) is 7.97. The molecule has 0 bridgehead atoms. The third kappa shape index (κ3) is 5.66. The molecule has 0 aliphatic heterocycles. The van der Waals surface area contributed by atoms with Crippen LogP contribution in [0, 0.1) is 5.41 Å². The average Bonchev–Trinajstić information content (AvgIpc) is 2.60. The van der Waals surface area contributed by atoms with Gasteiger partial charge in [0.15, 0.2) is 11.1 Å². The molecule has 0 saturated carbocycles. The topological polar surface area (TPSA) is 104 Å². The van der Waals surface area contributed by atoms with Crippen molar-refractivity contribution >= 4 is 34.2 Å². The highest BCUT2D eigenvalue weighted by Gasteiger charge is 2.05. The first-order valence-corrected chi connectivity index (χ1v) is 6.67. The molecule has 0 atom stereocenters. The van der Waals surface area contributed by atoms with Gasteiger partial charge in [-0.2, -0.15) is 4.99 Å². The van der Waals surface area contributed by atoms with Gasteiger partial charge in [-0.15, -0.1) is 11.3 Å². The summed E-state index contributed by atoms with van der Waals surface area (Å²) in [6, 6.07) is 0. The van der Waals surface area contributed by atoms with Crippen molar-refractivity contribution < 1.29 is 0 Å². The monoisotopic (exact) mass is 272 g/mol. The molecular weight excluding hydrogens is 256 g/mol. The maximum absolute atomic E-state index is 7.48. The van der Waals surface area contributed by atoms with Crippen LogP contribution in [-0.2, 0) is 12.3 Å². The Bertz CT molecular complexity index is 407. The van der Waals surface area contributed by atoms with Gasteiger partial charge >= 0.3 is 0 Å². The Morgan fingerprint density at radius 3 is 2.88 bits per heavy atom. The molecule has 1 rings (SSSR count). The van der Waals surface area contributed by atoms with E-state index in [4.69, 9.17) is 16.9 Å². The molecule has 0 spiro atoms. The van der Waals surface area contributed by atoms with E-state index in [1.165, 1.54) is 11.8 Å². The van der Waals surface area contributed by atoms with E-state index in [-0.39, 0.29) is 11.1 Å². The van der Waals surface area contributed by atoms with Gasteiger partial charge in [0, 0.05) is 23.4 Å². The largest absolute Gasteiger partial charge is 0.370 e. The van der Waals surface area contributed by atoms with Crippen LogP contribution in [-0.4, -0.2) is 35.1 Å². The van der Waals surface area contributed by atoms with E-state index in [0.29, 0.717) is 5.75 Å². The van der Waals surface area contributed by atoms with Crippen LogP contribution in [0.3, 0.4) is 0 Å². The number of amidine groups is 1. The van der Waals surface area contributed by atoms with Gasteiger partial charge in [-0.25, -0.2) is 4.98 Å². The zero-order chi connectivity index (χ0) is 12.8. The summed E-state index contributed by atoms with van der Waals surface area (Å²) >= 11 is 2.92. The summed E-state index contributed by atoms with van der Waals surface area (Å²) in [4.78, 5) is 11.1. The van der Waals surface area contributed by atoms with Crippen LogP contribution in [0.1, 0.15) is 9.88 Å². The molecular formula is C9H16N6S2. The van der Waals surface area contributed by atoms with Crippen LogP contribution in [0.25, 0.3) is 0 Å². The van der Waals surface area contributed by atoms with Gasteiger partial charge in [-0.05, 0) is 14.1 Å². The molecule has 0 aliphatic carbocycles. The number of thiazole rings is 1. The fourth-order valence-corrected chi connectivity index (χ4v) is 2.82. The Kier molecular flexibility index (Phi) is 5.39. The van der Waals surface area contributed by atoms with Gasteiger partial charge < -0.3 is 16.4 Å². The summed E-state index contributed by atoms with van der Waals surface area (Å²) in [6.45, 7) is 0.834. The fourth-order valence-electron chi connectivity index (χ4n) is 1.05. The molecule has 8 heteroatoms. The highest BCUT2D eigenvalue weighted by Crippen LogP contribution is 2.20. The van der Waals surface area contributed by atoms with E-state index in [0.717, 1.165) is 16.4 Å². The maximum Gasteiger partial charge on any atom is 0.193 e. The van der Waals surface area contributed by atoms with Gasteiger partial charge in [0.2, 0.25) is 0 Å². The minimum absolute atomic E-state index is 0.0832. The van der Waals surface area contributed by atoms with Crippen molar-refractivity contribution in [3.63, 3.8) is 0 Å². The third-order valence-electron chi connectivity index (χ3n) is 1.63. The van der Waals surface area contributed by atoms with E-state index >= 15 is 0 Å². The summed E-state index contributed by atoms with van der Waals surface area (Å²) in [6.07, 6.45) is 1.83. The Hall–Kier alpha value is -1.12. The zero-order valence-electron chi connectivity index (χ0n) is 9.80. The number of guanidine groups is 1. The lowest BCUT2D eigenvalue weighted by atomic mass is 10.6. The molecule has 1 aromatic heterocycles. The van der Waals surface area contributed by atoms with Gasteiger partial charge in [-0.1, -0.05) is 11.8 Å². The molecule has 0 unspecified atom stereocenters. The number of rotatable bonds is 4. The van der Waals surface area contributed by atoms with Gasteiger partial charge in [-0.3, -0.25) is 5.41 Å². The number of nitrogens with zero attached hydrogens (tertiary/aromatic N) is 3. The second-order valence-electron chi connectivity index (χ2n) is 3.59. The first kappa shape index (κ1) is 13.9. The van der Waals surface area contributed by atoms with Crippen molar-refractivity contribution in [1.29, 1.82) is 5.41 Å². The Morgan fingerprint density at radius 2 is 2.29 bits per heavy atom. The Morgan fingerprint density at radius 1 is 1.59 bits per heavy atom. The molecule has 94 valence electrons. The van der Waals surface area contributed by atoms with E-state index in [2.05, 4.69) is 14.9 Å². The second-order valence-corrected chi connectivity index (χ2v) is 5.75. The van der Waals surface area contributed by atoms with Crippen LogP contribution < -0.4 is 11.5 Å². The number of aromatic nitrogens is 1. The minimum Gasteiger partial charge on any atom is -0.370 e. The zero-order valence-corrected chi connectivity index (χ0v) is 11.4. The molecule has 6 nitrogen and oxygen atoms in total. The third-order valence-corrected chi connectivity index (χ3v) is 3.62. The standard InChI is InChI=1S/C9H16N6S2/c1-15(2)4-7-13-3-6(17-7)5-16-9(12)14-8(10)11/h3H,4-5H2,1-2H3,(H5,10,11,12,14). The molecule has 0 radical (unpaired) electrons. The normalized spacial score (nSPS) is 10.5. The number of thioether (sulfide) groups is 1. The minimum atomic E-state index is -0.0832. The van der Waals surface area contributed by atoms with Crippen molar-refractivity contribution in [1.82, 2.24) is 9.88 Å². The van der Waals surface area contributed by atoms with Gasteiger partial charge in [0.25, 0.3) is 0 Å². The van der Waals surface area contributed by atoms with Gasteiger partial charge in [0.1, 0.15) is 5.01 Å². The molecule has 1 heterocycles. The number of aliphatic imine (C=N–C) groups is 1. The smallest absolute Gasteiger partial charge is 0.193 e. The molecule has 0 amide bonds. The lowest BCUT2D eigenvalue weighted by molar-refractivity contribution is 0.401. The molecule has 0 saturated heterocycles. The van der Waals surface area contributed by atoms with Crippen LogP contribution in [0.5, 0.6) is 0 Å². The number of hydrogen-bond donors (Lipinski definition) is 3. The van der Waals surface area contributed by atoms with E-state index in [9.17, 15) is 0 Å². The molecule has 0 fully saturated rings. The Balaban J connectivity index is 2.45. The fraction of sp³-hybridized carbons (Fsp3) is 0.444. The first-order valence-electron chi connectivity index (χ1n) is 4.86. The van der Waals surface area contributed by atoms with E-state index in [1.54, 1.807) is 11.3 Å². The lowest BCUT2D eigenvalue weighted by Crippen LogP contribution is -2.23. The summed E-state index contributed by atoms with van der Waals surface area (Å²) in [5.41, 5.74) is 10.4. The summed E-state index contributed by atoms with van der Waals surface area (Å²) in [5, 5.41) is 8.67. The quantitative estimate of drug-likeness (QED) is 0.551. The van der Waals surface area contributed by atoms with Crippen molar-refractivity contribution in [2.24, 2.45) is 16.5 Å². The van der Waals surface area contributed by atoms with Crippen LogP contribution >= 0.6 is 23.1 Å². The summed E-state index contributed by atoms with van der Waals surface area (Å²) in [7, 11) is 4.01. The molecule has 0 aliphatic rings. The summed E-state index contributed by atoms with van der Waals surface area (Å²) in [5.74, 6) is 0.584. The van der Waals surface area contributed by atoms with Gasteiger partial charge in [0.05, 0.1) is 0 Å². The number of nitrogens with two attached hydrogens (primary N) is 2. The molecule has 0 aromatic carbocycles. The second kappa shape index (κ2) is 6.58. The SMILES string of the molecule is CN(C)Cc1ncc(CSC(=N)N=C(N)N)s1. The van der Waals surface area contributed by atoms with Crippen molar-refractivity contribution in [3.05, 3.63) is 16.1 Å². The molecule has 1 aromatic rings. The van der Waals surface area contributed by atoms with Crippen LogP contribution in [0.2, 0.25) is 0 Å². The molecule has 5 N–H and O–H groups in total. The van der Waals surface area contributed by atoms with E-state index < -0.39 is 0 Å². The van der Waals surface area contributed by atoms with Crippen molar-refractivity contribution in [2.45, 2.75) is 12.3 Å². The maximum atomic E-state index is 7.48. The average molecular weight is 272 g/mol. The van der Waals surface area contributed by atoms with Crippen LogP contribution in [0.15, 0.2) is 11.2 Å². The highest BCUT2D eigenvalue weighted by atomic mass is 32.2. The van der Waals surface area contributed by atoms with Crippen molar-refractivity contribution in [3.8, 4) is 0 Å². The van der Waals surface area contributed by atoms with E-state index in [1.807, 2.05) is 20.3 Å². The summed E-state index contributed by atoms with van der Waals surface area (Å²) < 4.78 is 0. The Labute approximate surface area is 109 Å². The predicted molar refractivity (Wildman–Crippen MR) is 74.3 cm³/mol. The lowest BCUT2D eigenvalue weighted by Gasteiger charge is -2.04. The highest BCUT2D eigenvalue weighted by molar-refractivity contribution is 8.13. The van der Waals surface area contributed by atoms with Crippen LogP contribution in [0.4, 0.5) is 0 Å². The number of hydrogen-bond acceptors (Lipinski definition) is 5. The number of nitrogens with one attached hydrogen (secondary N) is 1.